The predicted molar refractivity (Wildman–Crippen MR) is 571 cm³/mol. The lowest BCUT2D eigenvalue weighted by Gasteiger charge is -2.17. The SMILES string of the molecule is [2H]c1c([2H])c([2H])c(-c2c3c([2H])c([2H])c([2H])c([2H])c3c(-c3ccc4oc5cc(-c6ccc(-c7ccccc7)cc6)ccc5c4c3)c3c([2H])c([2H])c([2H])c([2H])c23)c([2H])c1[2H].[2H]c1c([2H])c([2H])c2c(-c3ccc4oc5ccc(-c6ccc(-c7ccccc7)cc6)cc5c4c3)c3c([2H])c([2H])c([2H])c([2H])c3c(-c3ccccc3)c2c1[2H].[2H]c1c([2H])c([2H])c2c(-c3ccc4oc5cccc(-c6cccc(-c7ccccc7)c6)c5c4c3)c3c([2H])c([2H])c([2H])c([2H])c3c(-c3ccccc3)c2c1[2H]. The molecule has 0 bridgehead atoms. The van der Waals surface area contributed by atoms with E-state index in [1.54, 1.807) is 84.9 Å². The standard InChI is InChI=1S/3C44H28O/c1-3-13-29(14-4-1)31-17-11-18-32(27-31)34-23-12-24-41-44(34)39-28-33(25-26-40(39)45-41)43-37-21-9-7-19-35(37)42(30-15-5-2-6-16-30)36-20-8-10-22-38(36)43;1-3-11-29(12-4-1)30-19-21-31(22-20-30)33-23-25-35-40-27-34(24-26-41(40)45-42(35)28-33)44-38-17-9-7-15-36(38)43(32-13-5-2-6-14-32)37-16-8-10-18-39(37)44;1-3-11-29(12-4-1)30-19-21-31(22-20-30)33-23-25-41-39(27-33)40-28-34(24-26-42(40)45-41)44-37-17-9-7-15-35(37)43(32-13-5-2-6-14-32)36-16-8-10-18-38(36)44/h3*1-28H/i7D,8D,9D,10D,19D,20D,21D,22D;2D,5D,6D,7D,8D,9D,10D,13D,14D,15D,16D,17D,18D;7D,8D,9D,10D,15D,16D,17D,18D. The van der Waals surface area contributed by atoms with Crippen LogP contribution in [-0.4, -0.2) is 0 Å². The van der Waals surface area contributed by atoms with E-state index >= 15 is 0 Å². The lowest BCUT2D eigenvalue weighted by atomic mass is 9.85. The summed E-state index contributed by atoms with van der Waals surface area (Å²) < 4.78 is 277. The van der Waals surface area contributed by atoms with E-state index in [4.69, 9.17) is 39.3 Å². The number of furan rings is 3. The first kappa shape index (κ1) is 54.7. The van der Waals surface area contributed by atoms with Gasteiger partial charge in [0.2, 0.25) is 0 Å². The van der Waals surface area contributed by atoms with Gasteiger partial charge in [0, 0.05) is 32.3 Å². The van der Waals surface area contributed by atoms with Crippen LogP contribution in [0, 0.1) is 0 Å². The van der Waals surface area contributed by atoms with Crippen molar-refractivity contribution in [2.45, 2.75) is 0 Å². The van der Waals surface area contributed by atoms with E-state index in [2.05, 4.69) is 97.1 Å². The largest absolute Gasteiger partial charge is 0.456 e. The number of hydrogen-bond acceptors (Lipinski definition) is 3. The van der Waals surface area contributed by atoms with Crippen molar-refractivity contribution < 1.29 is 53.0 Å². The molecule has 0 aliphatic carbocycles. The van der Waals surface area contributed by atoms with E-state index in [-0.39, 0.29) is 124 Å². The van der Waals surface area contributed by atoms with Crippen molar-refractivity contribution in [2.75, 3.05) is 0 Å². The van der Waals surface area contributed by atoms with E-state index in [0.29, 0.717) is 89.0 Å². The lowest BCUT2D eigenvalue weighted by molar-refractivity contribution is 0.668. The number of benzene rings is 24. The van der Waals surface area contributed by atoms with E-state index in [0.717, 1.165) is 93.7 Å². The maximum Gasteiger partial charge on any atom is 0.136 e. The zero-order valence-corrected chi connectivity index (χ0v) is 71.5. The van der Waals surface area contributed by atoms with Gasteiger partial charge >= 0.3 is 0 Å². The van der Waals surface area contributed by atoms with Gasteiger partial charge in [0.25, 0.3) is 0 Å². The fourth-order valence-electron chi connectivity index (χ4n) is 19.1. The fourth-order valence-corrected chi connectivity index (χ4v) is 19.1. The van der Waals surface area contributed by atoms with Crippen molar-refractivity contribution in [1.29, 1.82) is 0 Å². The van der Waals surface area contributed by atoms with Crippen LogP contribution in [0.25, 0.3) is 264 Å². The second-order valence-electron chi connectivity index (χ2n) is 32.9. The topological polar surface area (TPSA) is 39.4 Å². The molecule has 0 radical (unpaired) electrons. The fraction of sp³-hybridized carbons (Fsp3) is 0. The molecule has 0 saturated heterocycles. The summed E-state index contributed by atoms with van der Waals surface area (Å²) in [6.07, 6.45) is 0. The molecular weight excluding hydrogens is 1630 g/mol. The van der Waals surface area contributed by atoms with Gasteiger partial charge in [-0.25, -0.2) is 0 Å². The summed E-state index contributed by atoms with van der Waals surface area (Å²) in [5.74, 6) is 0. The molecule has 3 heteroatoms. The molecule has 630 valence electrons. The van der Waals surface area contributed by atoms with Crippen LogP contribution >= 0.6 is 0 Å². The van der Waals surface area contributed by atoms with Crippen LogP contribution in [0.5, 0.6) is 0 Å². The highest BCUT2D eigenvalue weighted by atomic mass is 16.3. The second-order valence-corrected chi connectivity index (χ2v) is 32.9. The minimum atomic E-state index is -0.715. The third-order valence-electron chi connectivity index (χ3n) is 25.2. The zero-order valence-electron chi connectivity index (χ0n) is 100. The van der Waals surface area contributed by atoms with Gasteiger partial charge in [-0.1, -0.05) is 436 Å². The van der Waals surface area contributed by atoms with E-state index < -0.39 is 132 Å². The molecule has 24 aromatic carbocycles. The Hall–Kier alpha value is -17.8. The van der Waals surface area contributed by atoms with Crippen LogP contribution in [0.15, 0.2) is 522 Å². The summed E-state index contributed by atoms with van der Waals surface area (Å²) >= 11 is 0. The maximum atomic E-state index is 9.27. The molecule has 0 fully saturated rings. The molecule has 0 atom stereocenters. The molecule has 0 saturated carbocycles. The van der Waals surface area contributed by atoms with Gasteiger partial charge in [-0.15, -0.1) is 0 Å². The van der Waals surface area contributed by atoms with Crippen LogP contribution < -0.4 is 0 Å². The van der Waals surface area contributed by atoms with Crippen molar-refractivity contribution in [3.05, 3.63) is 509 Å². The molecule has 0 amide bonds. The first-order chi connectivity index (χ1) is 79.0. The molecule has 0 unspecified atom stereocenters. The van der Waals surface area contributed by atoms with Gasteiger partial charge in [0.15, 0.2) is 0 Å². The smallest absolute Gasteiger partial charge is 0.136 e. The van der Waals surface area contributed by atoms with Crippen LogP contribution in [0.2, 0.25) is 0 Å². The normalized spacial score (nSPS) is 14.6. The van der Waals surface area contributed by atoms with E-state index in [1.807, 2.05) is 152 Å². The first-order valence-electron chi connectivity index (χ1n) is 58.4. The van der Waals surface area contributed by atoms with Gasteiger partial charge in [-0.05, 0) is 271 Å². The summed E-state index contributed by atoms with van der Waals surface area (Å²) in [6.45, 7) is 0. The van der Waals surface area contributed by atoms with Crippen LogP contribution in [-0.2, 0) is 0 Å². The summed E-state index contributed by atoms with van der Waals surface area (Å²) in [5.41, 5.74) is 19.1. The number of hydrogen-bond donors (Lipinski definition) is 0. The van der Waals surface area contributed by atoms with Crippen molar-refractivity contribution in [2.24, 2.45) is 0 Å². The maximum absolute atomic E-state index is 9.27. The Kier molecular flexibility index (Phi) is 13.7. The minimum Gasteiger partial charge on any atom is -0.456 e. The Bertz CT molecular complexity index is 10900. The Morgan fingerprint density at radius 2 is 0.370 bits per heavy atom. The van der Waals surface area contributed by atoms with Crippen molar-refractivity contribution >= 4 is 130 Å². The van der Waals surface area contributed by atoms with Gasteiger partial charge in [-0.3, -0.25) is 0 Å². The molecule has 3 aromatic heterocycles. The average Bonchev–Trinajstić information content (AvgIpc) is 0.864. The van der Waals surface area contributed by atoms with E-state index in [1.165, 1.54) is 0 Å². The van der Waals surface area contributed by atoms with Gasteiger partial charge in [0.05, 0.1) is 39.8 Å². The molecule has 0 N–H and O–H groups in total. The molecule has 0 aliphatic rings. The summed E-state index contributed by atoms with van der Waals surface area (Å²) in [4.78, 5) is 0. The van der Waals surface area contributed by atoms with Crippen LogP contribution in [0.1, 0.15) is 39.8 Å². The van der Waals surface area contributed by atoms with Gasteiger partial charge in [0.1, 0.15) is 33.5 Å². The summed E-state index contributed by atoms with van der Waals surface area (Å²) in [7, 11) is 0. The molecule has 3 nitrogen and oxygen atoms in total. The highest BCUT2D eigenvalue weighted by Crippen LogP contribution is 2.51. The quantitative estimate of drug-likeness (QED) is 0.114. The van der Waals surface area contributed by atoms with Gasteiger partial charge in [-0.2, -0.15) is 0 Å². The predicted octanol–water partition coefficient (Wildman–Crippen LogP) is 37.7. The highest BCUT2D eigenvalue weighted by molar-refractivity contribution is 6.26. The zero-order chi connectivity index (χ0) is 114. The first-order valence-corrected chi connectivity index (χ1v) is 43.9. The highest BCUT2D eigenvalue weighted by Gasteiger charge is 2.25. The monoisotopic (exact) mass is 1750 g/mol. The molecule has 135 heavy (non-hydrogen) atoms. The van der Waals surface area contributed by atoms with E-state index in [9.17, 15) is 13.7 Å². The Balaban J connectivity index is 0.000000124. The Morgan fingerprint density at radius 3 is 0.770 bits per heavy atom. The molecular formula is C132H84O3. The van der Waals surface area contributed by atoms with Crippen LogP contribution in [0.3, 0.4) is 0 Å². The summed E-state index contributed by atoms with van der Waals surface area (Å²) in [6, 6.07) is 92.9. The average molecular weight is 1750 g/mol. The van der Waals surface area contributed by atoms with Crippen LogP contribution in [0.4, 0.5) is 0 Å². The molecule has 0 aliphatic heterocycles. The van der Waals surface area contributed by atoms with Crippen molar-refractivity contribution in [3.8, 4) is 134 Å². The van der Waals surface area contributed by atoms with Crippen molar-refractivity contribution in [1.82, 2.24) is 0 Å². The Labute approximate surface area is 822 Å². The number of rotatable bonds is 12. The Morgan fingerprint density at radius 1 is 0.126 bits per heavy atom. The van der Waals surface area contributed by atoms with Gasteiger partial charge < -0.3 is 13.3 Å². The minimum absolute atomic E-state index is 0.0616. The molecule has 27 rings (SSSR count). The molecule has 0 spiro atoms. The number of fused-ring (bicyclic) bond motifs is 15. The second kappa shape index (κ2) is 33.9. The third-order valence-corrected chi connectivity index (χ3v) is 25.2. The van der Waals surface area contributed by atoms with Crippen molar-refractivity contribution in [3.63, 3.8) is 0 Å². The summed E-state index contributed by atoms with van der Waals surface area (Å²) in [5, 5.41) is 5.25. The third kappa shape index (κ3) is 14.3. The molecule has 27 aromatic rings. The lowest BCUT2D eigenvalue weighted by Crippen LogP contribution is -1.90. The molecule has 3 heterocycles.